The third kappa shape index (κ3) is 3.39. The first kappa shape index (κ1) is 15.2. The number of carbonyl (C=O) groups is 1. The van der Waals surface area contributed by atoms with E-state index in [1.165, 1.54) is 34.4 Å². The van der Waals surface area contributed by atoms with Gasteiger partial charge in [-0.15, -0.1) is 11.3 Å². The van der Waals surface area contributed by atoms with E-state index in [2.05, 4.69) is 22.5 Å². The molecule has 0 saturated heterocycles. The quantitative estimate of drug-likeness (QED) is 0.832. The number of hydrogen-bond acceptors (Lipinski definition) is 3. The number of carbonyl (C=O) groups excluding carboxylic acids is 1. The third-order valence-electron chi connectivity index (χ3n) is 3.58. The second-order valence-electron chi connectivity index (χ2n) is 5.44. The standard InChI is InChI=1S/C15H15ClFN3OS/c1-8-2-5-12-13(6-8)22-15(19-12)20-14(21)18-9-3-4-11(17)10(16)7-9/h3-4,7-8H,2,5-6H2,1H3,(H2,18,19,20,21). The molecule has 0 saturated carbocycles. The van der Waals surface area contributed by atoms with E-state index in [4.69, 9.17) is 11.6 Å². The average molecular weight is 340 g/mol. The van der Waals surface area contributed by atoms with E-state index in [0.717, 1.165) is 25.0 Å². The van der Waals surface area contributed by atoms with Gasteiger partial charge >= 0.3 is 6.03 Å². The predicted octanol–water partition coefficient (Wildman–Crippen LogP) is 4.70. The smallest absolute Gasteiger partial charge is 0.308 e. The van der Waals surface area contributed by atoms with E-state index < -0.39 is 11.8 Å². The summed E-state index contributed by atoms with van der Waals surface area (Å²) in [5, 5.41) is 5.89. The Morgan fingerprint density at radius 1 is 1.45 bits per heavy atom. The molecule has 2 aromatic rings. The SMILES string of the molecule is CC1CCc2nc(NC(=O)Nc3ccc(F)c(Cl)c3)sc2C1. The number of rotatable bonds is 2. The van der Waals surface area contributed by atoms with Crippen molar-refractivity contribution in [3.63, 3.8) is 0 Å². The topological polar surface area (TPSA) is 54.0 Å². The highest BCUT2D eigenvalue weighted by Crippen LogP contribution is 2.32. The Balaban J connectivity index is 1.65. The maximum Gasteiger partial charge on any atom is 0.325 e. The summed E-state index contributed by atoms with van der Waals surface area (Å²) in [5.41, 5.74) is 1.52. The second-order valence-corrected chi connectivity index (χ2v) is 6.94. The number of nitrogens with zero attached hydrogens (tertiary/aromatic N) is 1. The molecule has 1 heterocycles. The molecule has 2 amide bonds. The van der Waals surface area contributed by atoms with E-state index in [0.29, 0.717) is 16.7 Å². The van der Waals surface area contributed by atoms with Gasteiger partial charge < -0.3 is 5.32 Å². The van der Waals surface area contributed by atoms with Crippen LogP contribution in [0.4, 0.5) is 20.0 Å². The molecule has 1 aromatic carbocycles. The molecular weight excluding hydrogens is 325 g/mol. The largest absolute Gasteiger partial charge is 0.325 e. The number of thiazole rings is 1. The highest BCUT2D eigenvalue weighted by molar-refractivity contribution is 7.15. The molecule has 1 aliphatic carbocycles. The van der Waals surface area contributed by atoms with Gasteiger partial charge in [0, 0.05) is 10.6 Å². The third-order valence-corrected chi connectivity index (χ3v) is 4.91. The Morgan fingerprint density at radius 2 is 2.27 bits per heavy atom. The van der Waals surface area contributed by atoms with Crippen molar-refractivity contribution in [1.29, 1.82) is 0 Å². The molecule has 0 bridgehead atoms. The Hall–Kier alpha value is -1.66. The number of fused-ring (bicyclic) bond motifs is 1. The van der Waals surface area contributed by atoms with E-state index in [1.807, 2.05) is 0 Å². The highest BCUT2D eigenvalue weighted by atomic mass is 35.5. The van der Waals surface area contributed by atoms with Crippen LogP contribution in [0.1, 0.15) is 23.9 Å². The van der Waals surface area contributed by atoms with Gasteiger partial charge in [-0.05, 0) is 43.4 Å². The average Bonchev–Trinajstić information content (AvgIpc) is 2.84. The lowest BCUT2D eigenvalue weighted by Crippen LogP contribution is -2.19. The molecule has 3 rings (SSSR count). The van der Waals surface area contributed by atoms with Crippen molar-refractivity contribution in [3.8, 4) is 0 Å². The van der Waals surface area contributed by atoms with Crippen molar-refractivity contribution in [3.05, 3.63) is 39.6 Å². The van der Waals surface area contributed by atoms with Crippen molar-refractivity contribution >= 4 is 39.8 Å². The number of aryl methyl sites for hydroxylation is 1. The van der Waals surface area contributed by atoms with Crippen LogP contribution in [0.3, 0.4) is 0 Å². The minimum Gasteiger partial charge on any atom is -0.308 e. The van der Waals surface area contributed by atoms with Gasteiger partial charge in [-0.3, -0.25) is 5.32 Å². The van der Waals surface area contributed by atoms with Gasteiger partial charge in [0.1, 0.15) is 5.82 Å². The molecule has 1 unspecified atom stereocenters. The lowest BCUT2D eigenvalue weighted by molar-refractivity contribution is 0.262. The lowest BCUT2D eigenvalue weighted by Gasteiger charge is -2.15. The number of amides is 2. The van der Waals surface area contributed by atoms with Crippen LogP contribution in [0.5, 0.6) is 0 Å². The number of benzene rings is 1. The summed E-state index contributed by atoms with van der Waals surface area (Å²) in [6.07, 6.45) is 3.12. The van der Waals surface area contributed by atoms with Crippen molar-refractivity contribution in [1.82, 2.24) is 4.98 Å². The number of anilines is 2. The molecule has 0 fully saturated rings. The Kier molecular flexibility index (Phi) is 4.31. The first-order chi connectivity index (χ1) is 10.5. The molecule has 4 nitrogen and oxygen atoms in total. The minimum absolute atomic E-state index is 0.0310. The summed E-state index contributed by atoms with van der Waals surface area (Å²) in [7, 11) is 0. The van der Waals surface area contributed by atoms with E-state index >= 15 is 0 Å². The normalized spacial score (nSPS) is 17.0. The second kappa shape index (κ2) is 6.22. The maximum atomic E-state index is 13.1. The van der Waals surface area contributed by atoms with Crippen LogP contribution in [0.2, 0.25) is 5.02 Å². The van der Waals surface area contributed by atoms with Gasteiger partial charge in [0.15, 0.2) is 5.13 Å². The van der Waals surface area contributed by atoms with Crippen molar-refractivity contribution in [2.24, 2.45) is 5.92 Å². The van der Waals surface area contributed by atoms with Crippen LogP contribution in [0.15, 0.2) is 18.2 Å². The van der Waals surface area contributed by atoms with Crippen LogP contribution in [-0.4, -0.2) is 11.0 Å². The fourth-order valence-corrected chi connectivity index (χ4v) is 3.77. The summed E-state index contributed by atoms with van der Waals surface area (Å²) < 4.78 is 13.1. The Bertz CT molecular complexity index is 719. The van der Waals surface area contributed by atoms with Crippen molar-refractivity contribution < 1.29 is 9.18 Å². The predicted molar refractivity (Wildman–Crippen MR) is 87.4 cm³/mol. The molecular formula is C15H15ClFN3OS. The molecule has 116 valence electrons. The molecule has 1 atom stereocenters. The van der Waals surface area contributed by atoms with Gasteiger partial charge in [0.2, 0.25) is 0 Å². The summed E-state index contributed by atoms with van der Waals surface area (Å²) in [6.45, 7) is 2.22. The fraction of sp³-hybridized carbons (Fsp3) is 0.333. The van der Waals surface area contributed by atoms with Crippen molar-refractivity contribution in [2.75, 3.05) is 10.6 Å². The molecule has 0 radical (unpaired) electrons. The Morgan fingerprint density at radius 3 is 3.05 bits per heavy atom. The van der Waals surface area contributed by atoms with Crippen LogP contribution >= 0.6 is 22.9 Å². The summed E-state index contributed by atoms with van der Waals surface area (Å²) in [4.78, 5) is 17.7. The van der Waals surface area contributed by atoms with Crippen LogP contribution in [0.25, 0.3) is 0 Å². The van der Waals surface area contributed by atoms with Gasteiger partial charge in [-0.25, -0.2) is 14.2 Å². The van der Waals surface area contributed by atoms with Crippen LogP contribution < -0.4 is 10.6 Å². The monoisotopic (exact) mass is 339 g/mol. The zero-order valence-electron chi connectivity index (χ0n) is 12.0. The number of aromatic nitrogens is 1. The molecule has 0 aliphatic heterocycles. The lowest BCUT2D eigenvalue weighted by atomic mass is 9.93. The van der Waals surface area contributed by atoms with Crippen molar-refractivity contribution in [2.45, 2.75) is 26.2 Å². The molecule has 22 heavy (non-hydrogen) atoms. The highest BCUT2D eigenvalue weighted by Gasteiger charge is 2.20. The zero-order valence-corrected chi connectivity index (χ0v) is 13.5. The molecule has 0 spiro atoms. The van der Waals surface area contributed by atoms with E-state index in [1.54, 1.807) is 0 Å². The number of halogens is 2. The van der Waals surface area contributed by atoms with Crippen LogP contribution in [0, 0.1) is 11.7 Å². The zero-order chi connectivity index (χ0) is 15.7. The summed E-state index contributed by atoms with van der Waals surface area (Å²) >= 11 is 7.20. The summed E-state index contributed by atoms with van der Waals surface area (Å²) in [6, 6.07) is 3.61. The summed E-state index contributed by atoms with van der Waals surface area (Å²) in [5.74, 6) is 0.144. The first-order valence-electron chi connectivity index (χ1n) is 7.03. The van der Waals surface area contributed by atoms with Gasteiger partial charge in [0.25, 0.3) is 0 Å². The molecule has 2 N–H and O–H groups in total. The van der Waals surface area contributed by atoms with E-state index in [-0.39, 0.29) is 5.02 Å². The number of nitrogens with one attached hydrogen (secondary N) is 2. The molecule has 1 aliphatic rings. The van der Waals surface area contributed by atoms with Gasteiger partial charge in [0.05, 0.1) is 10.7 Å². The van der Waals surface area contributed by atoms with Gasteiger partial charge in [-0.1, -0.05) is 18.5 Å². The first-order valence-corrected chi connectivity index (χ1v) is 8.22. The minimum atomic E-state index is -0.519. The molecule has 1 aromatic heterocycles. The Labute approximate surface area is 136 Å². The number of urea groups is 1. The maximum absolute atomic E-state index is 13.1. The van der Waals surface area contributed by atoms with Crippen LogP contribution in [-0.2, 0) is 12.8 Å². The number of hydrogen-bond donors (Lipinski definition) is 2. The van der Waals surface area contributed by atoms with Gasteiger partial charge in [-0.2, -0.15) is 0 Å². The fourth-order valence-electron chi connectivity index (χ4n) is 2.43. The van der Waals surface area contributed by atoms with E-state index in [9.17, 15) is 9.18 Å². The molecule has 7 heteroatoms.